The van der Waals surface area contributed by atoms with Gasteiger partial charge in [0.15, 0.2) is 11.5 Å². The van der Waals surface area contributed by atoms with Crippen molar-refractivity contribution in [2.24, 2.45) is 29.1 Å². The average molecular weight is 566 g/mol. The first-order chi connectivity index (χ1) is 18.4. The molecule has 40 heavy (non-hydrogen) atoms. The molecule has 2 N–H and O–H groups in total. The second kappa shape index (κ2) is 15.6. The first-order valence-electron chi connectivity index (χ1n) is 13.8. The number of rotatable bonds is 14. The van der Waals surface area contributed by atoms with Gasteiger partial charge in [0.1, 0.15) is 12.1 Å². The molecule has 0 aromatic heterocycles. The van der Waals surface area contributed by atoms with Crippen LogP contribution in [-0.4, -0.2) is 54.5 Å². The van der Waals surface area contributed by atoms with Crippen molar-refractivity contribution >= 4 is 24.1 Å². The predicted molar refractivity (Wildman–Crippen MR) is 150 cm³/mol. The molecule has 1 rings (SSSR count). The van der Waals surface area contributed by atoms with Gasteiger partial charge in [-0.2, -0.15) is 0 Å². The van der Waals surface area contributed by atoms with E-state index in [0.29, 0.717) is 5.56 Å². The first-order valence-corrected chi connectivity index (χ1v) is 13.8. The van der Waals surface area contributed by atoms with Gasteiger partial charge in [0, 0.05) is 6.54 Å². The highest BCUT2D eigenvalue weighted by Gasteiger charge is 2.26. The molecule has 0 amide bonds. The zero-order valence-electron chi connectivity index (χ0n) is 25.5. The Morgan fingerprint density at radius 2 is 1.38 bits per heavy atom. The van der Waals surface area contributed by atoms with E-state index in [1.807, 2.05) is 48.5 Å². The molecular weight excluding hydrogens is 518 g/mol. The van der Waals surface area contributed by atoms with Crippen LogP contribution in [0.4, 0.5) is 4.79 Å². The van der Waals surface area contributed by atoms with Crippen LogP contribution in [0, 0.1) is 29.1 Å². The van der Waals surface area contributed by atoms with E-state index in [1.54, 1.807) is 26.8 Å². The van der Waals surface area contributed by atoms with E-state index >= 15 is 0 Å². The number of carbonyl (C=O) groups excluding carboxylic acids is 3. The highest BCUT2D eigenvalue weighted by Crippen LogP contribution is 2.31. The lowest BCUT2D eigenvalue weighted by molar-refractivity contribution is -0.142. The third kappa shape index (κ3) is 12.4. The summed E-state index contributed by atoms with van der Waals surface area (Å²) in [6, 6.07) is 3.59. The monoisotopic (exact) mass is 565 g/mol. The molecule has 226 valence electrons. The van der Waals surface area contributed by atoms with Crippen molar-refractivity contribution in [1.29, 1.82) is 0 Å². The molecule has 3 unspecified atom stereocenters. The molecule has 0 saturated heterocycles. The van der Waals surface area contributed by atoms with Crippen molar-refractivity contribution in [3.63, 3.8) is 0 Å². The van der Waals surface area contributed by atoms with Crippen molar-refractivity contribution in [2.45, 2.75) is 87.8 Å². The summed E-state index contributed by atoms with van der Waals surface area (Å²) >= 11 is 0. The highest BCUT2D eigenvalue weighted by atomic mass is 16.7. The third-order valence-corrected chi connectivity index (χ3v) is 6.48. The topological polar surface area (TPSA) is 137 Å². The van der Waals surface area contributed by atoms with E-state index in [0.717, 1.165) is 0 Å². The Morgan fingerprint density at radius 3 is 1.85 bits per heavy atom. The molecule has 0 saturated carbocycles. The van der Waals surface area contributed by atoms with Crippen molar-refractivity contribution in [3.8, 4) is 11.5 Å². The summed E-state index contributed by atoms with van der Waals surface area (Å²) in [6.07, 6.45) is -1.44. The van der Waals surface area contributed by atoms with Gasteiger partial charge in [-0.05, 0) is 48.3 Å². The first kappa shape index (κ1) is 34.9. The van der Waals surface area contributed by atoms with Gasteiger partial charge in [0.05, 0.1) is 18.4 Å². The number of carboxylic acids is 1. The van der Waals surface area contributed by atoms with Gasteiger partial charge in [-0.15, -0.1) is 0 Å². The van der Waals surface area contributed by atoms with Crippen molar-refractivity contribution < 1.29 is 43.2 Å². The van der Waals surface area contributed by atoms with Crippen LogP contribution < -0.4 is 14.8 Å². The molecule has 1 aromatic rings. The van der Waals surface area contributed by atoms with Gasteiger partial charge in [-0.1, -0.05) is 68.4 Å². The lowest BCUT2D eigenvalue weighted by Gasteiger charge is -2.21. The van der Waals surface area contributed by atoms with Gasteiger partial charge < -0.3 is 29.4 Å². The van der Waals surface area contributed by atoms with Crippen LogP contribution in [0.1, 0.15) is 74.8 Å². The van der Waals surface area contributed by atoms with Crippen LogP contribution in [-0.2, 0) is 30.3 Å². The summed E-state index contributed by atoms with van der Waals surface area (Å²) < 4.78 is 21.5. The summed E-state index contributed by atoms with van der Waals surface area (Å²) in [4.78, 5) is 49.2. The number of carbonyl (C=O) groups is 4. The Labute approximate surface area is 238 Å². The summed E-state index contributed by atoms with van der Waals surface area (Å²) in [5.74, 6) is -2.65. The zero-order chi connectivity index (χ0) is 30.8. The Hall–Kier alpha value is -3.14. The largest absolute Gasteiger partial charge is 0.508 e. The third-order valence-electron chi connectivity index (χ3n) is 6.48. The van der Waals surface area contributed by atoms with Crippen LogP contribution in [0.25, 0.3) is 0 Å². The molecule has 0 fully saturated rings. The lowest BCUT2D eigenvalue weighted by Crippen LogP contribution is -2.42. The van der Waals surface area contributed by atoms with E-state index < -0.39 is 42.1 Å². The van der Waals surface area contributed by atoms with Crippen LogP contribution >= 0.6 is 0 Å². The fourth-order valence-electron chi connectivity index (χ4n) is 3.10. The molecule has 10 nitrogen and oxygen atoms in total. The maximum atomic E-state index is 12.7. The maximum absolute atomic E-state index is 12.7. The Bertz CT molecular complexity index is 1010. The van der Waals surface area contributed by atoms with Gasteiger partial charge in [0.2, 0.25) is 0 Å². The molecule has 10 heteroatoms. The Balaban J connectivity index is 3.04. The number of aliphatic carboxylic acids is 1. The number of nitrogens with one attached hydrogen (secondary N) is 1. The Kier molecular flexibility index (Phi) is 13.6. The van der Waals surface area contributed by atoms with Gasteiger partial charge in [-0.25, -0.2) is 4.79 Å². The van der Waals surface area contributed by atoms with E-state index in [2.05, 4.69) is 5.32 Å². The molecule has 0 radical (unpaired) electrons. The zero-order valence-corrected chi connectivity index (χ0v) is 25.5. The second-order valence-electron chi connectivity index (χ2n) is 12.2. The number of benzene rings is 1. The van der Waals surface area contributed by atoms with Gasteiger partial charge in [-0.3, -0.25) is 14.4 Å². The van der Waals surface area contributed by atoms with Gasteiger partial charge >= 0.3 is 24.1 Å². The van der Waals surface area contributed by atoms with Crippen molar-refractivity contribution in [1.82, 2.24) is 5.32 Å². The number of carboxylic acid groups (broad SMARTS) is 1. The molecule has 1 aromatic carbocycles. The Morgan fingerprint density at radius 1 is 0.850 bits per heavy atom. The molecule has 0 aliphatic carbocycles. The predicted octanol–water partition coefficient (Wildman–Crippen LogP) is 5.25. The molecule has 0 aliphatic heterocycles. The van der Waals surface area contributed by atoms with E-state index in [9.17, 15) is 24.3 Å². The lowest BCUT2D eigenvalue weighted by atomic mass is 9.98. The second-order valence-corrected chi connectivity index (χ2v) is 12.2. The van der Waals surface area contributed by atoms with Crippen LogP contribution in [0.2, 0.25) is 0 Å². The van der Waals surface area contributed by atoms with Crippen LogP contribution in [0.5, 0.6) is 11.5 Å². The summed E-state index contributed by atoms with van der Waals surface area (Å²) in [5, 5.41) is 12.7. The fourth-order valence-corrected chi connectivity index (χ4v) is 3.10. The molecule has 0 heterocycles. The molecule has 4 atom stereocenters. The SMILES string of the molecule is CC(CN[C@@H](Cc1ccc(OC(=O)C(C)C(C)C)c(OC(=O)C(C)C(C)C)c1)C(=O)O)OC(=O)OCC(C)(C)C. The number of hydrogen-bond donors (Lipinski definition) is 2. The summed E-state index contributed by atoms with van der Waals surface area (Å²) in [6.45, 7) is 18.7. The normalized spacial score (nSPS) is 14.7. The number of esters is 2. The van der Waals surface area contributed by atoms with Gasteiger partial charge in [0.25, 0.3) is 0 Å². The molecule has 0 bridgehead atoms. The van der Waals surface area contributed by atoms with Crippen LogP contribution in [0.3, 0.4) is 0 Å². The van der Waals surface area contributed by atoms with E-state index in [1.165, 1.54) is 12.1 Å². The quantitative estimate of drug-likeness (QED) is 0.227. The standard InChI is InChI=1S/C30H47NO9/c1-17(2)20(6)27(34)39-24-12-11-22(14-25(24)40-28(35)21(7)18(3)4)13-23(26(32)33)31-15-19(5)38-29(36)37-16-30(8,9)10/h11-12,14,17-21,23,31H,13,15-16H2,1-10H3,(H,32,33)/t19?,20?,21?,23-/m0/s1. The van der Waals surface area contributed by atoms with E-state index in [-0.39, 0.29) is 54.2 Å². The molecule has 0 aliphatic rings. The number of ether oxygens (including phenoxy) is 4. The van der Waals surface area contributed by atoms with Crippen molar-refractivity contribution in [2.75, 3.05) is 13.2 Å². The molecule has 0 spiro atoms. The summed E-state index contributed by atoms with van der Waals surface area (Å²) in [7, 11) is 0. The van der Waals surface area contributed by atoms with Crippen LogP contribution in [0.15, 0.2) is 18.2 Å². The fraction of sp³-hybridized carbons (Fsp3) is 0.667. The molecular formula is C30H47NO9. The van der Waals surface area contributed by atoms with E-state index in [4.69, 9.17) is 18.9 Å². The maximum Gasteiger partial charge on any atom is 0.508 e. The number of hydrogen-bond acceptors (Lipinski definition) is 9. The van der Waals surface area contributed by atoms with Crippen molar-refractivity contribution in [3.05, 3.63) is 23.8 Å². The smallest absolute Gasteiger partial charge is 0.480 e. The average Bonchev–Trinajstić information content (AvgIpc) is 2.84. The minimum Gasteiger partial charge on any atom is -0.480 e. The minimum absolute atomic E-state index is 0.0252. The summed E-state index contributed by atoms with van der Waals surface area (Å²) in [5.41, 5.74) is 0.324. The minimum atomic E-state index is -1.12. The highest BCUT2D eigenvalue weighted by molar-refractivity contribution is 5.79.